The molecule has 1 fully saturated rings. The zero-order valence-corrected chi connectivity index (χ0v) is 13.1. The highest BCUT2D eigenvalue weighted by atomic mass is 19.1. The summed E-state index contributed by atoms with van der Waals surface area (Å²) in [7, 11) is 1.99. The number of carbonyl (C=O) groups excluding carboxylic acids is 1. The van der Waals surface area contributed by atoms with E-state index in [2.05, 4.69) is 4.90 Å². The number of amides is 1. The summed E-state index contributed by atoms with van der Waals surface area (Å²) < 4.78 is 18.5. The van der Waals surface area contributed by atoms with E-state index in [9.17, 15) is 9.18 Å². The molecule has 0 radical (unpaired) electrons. The van der Waals surface area contributed by atoms with Crippen LogP contribution in [-0.4, -0.2) is 47.7 Å². The number of likely N-dealkylation sites (N-methyl/N-ethyl adjacent to an activating group) is 1. The molecule has 0 aliphatic carbocycles. The van der Waals surface area contributed by atoms with Crippen molar-refractivity contribution in [2.75, 3.05) is 20.1 Å². The molecule has 21 heavy (non-hydrogen) atoms. The maximum absolute atomic E-state index is 13.2. The Balaban J connectivity index is 1.80. The minimum absolute atomic E-state index is 0.218. The maximum Gasteiger partial charge on any atom is 0.410 e. The van der Waals surface area contributed by atoms with E-state index in [0.717, 1.165) is 5.56 Å². The van der Waals surface area contributed by atoms with E-state index < -0.39 is 5.60 Å². The molecule has 1 aromatic rings. The first kappa shape index (κ1) is 15.8. The van der Waals surface area contributed by atoms with Crippen molar-refractivity contribution in [1.29, 1.82) is 0 Å². The summed E-state index contributed by atoms with van der Waals surface area (Å²) in [5.74, 6) is -0.218. The van der Waals surface area contributed by atoms with Gasteiger partial charge < -0.3 is 9.64 Å². The first-order valence-electron chi connectivity index (χ1n) is 7.17. The Hall–Kier alpha value is -1.62. The third-order valence-corrected chi connectivity index (χ3v) is 3.46. The van der Waals surface area contributed by atoms with Crippen LogP contribution in [0.3, 0.4) is 0 Å². The van der Waals surface area contributed by atoms with Crippen LogP contribution in [0.1, 0.15) is 26.3 Å². The first-order valence-corrected chi connectivity index (χ1v) is 7.17. The molecule has 1 amide bonds. The fourth-order valence-electron chi connectivity index (χ4n) is 2.26. The molecule has 116 valence electrons. The van der Waals surface area contributed by atoms with Gasteiger partial charge >= 0.3 is 6.09 Å². The summed E-state index contributed by atoms with van der Waals surface area (Å²) in [4.78, 5) is 15.7. The number of carbonyl (C=O) groups is 1. The lowest BCUT2D eigenvalue weighted by Crippen LogP contribution is -2.60. The summed E-state index contributed by atoms with van der Waals surface area (Å²) in [6.07, 6.45) is -0.266. The first-order chi connectivity index (χ1) is 9.74. The molecule has 1 aromatic carbocycles. The van der Waals surface area contributed by atoms with Crippen LogP contribution in [0.15, 0.2) is 24.3 Å². The van der Waals surface area contributed by atoms with Gasteiger partial charge in [-0.05, 0) is 45.5 Å². The van der Waals surface area contributed by atoms with Crippen molar-refractivity contribution in [3.05, 3.63) is 35.6 Å². The largest absolute Gasteiger partial charge is 0.444 e. The number of nitrogens with zero attached hydrogens (tertiary/aromatic N) is 2. The molecule has 0 atom stereocenters. The monoisotopic (exact) mass is 294 g/mol. The average molecular weight is 294 g/mol. The van der Waals surface area contributed by atoms with Gasteiger partial charge in [-0.2, -0.15) is 0 Å². The van der Waals surface area contributed by atoms with Gasteiger partial charge in [0, 0.05) is 25.7 Å². The molecule has 0 unspecified atom stereocenters. The Morgan fingerprint density at radius 3 is 2.67 bits per heavy atom. The van der Waals surface area contributed by atoms with Gasteiger partial charge in [0.1, 0.15) is 11.4 Å². The van der Waals surface area contributed by atoms with E-state index >= 15 is 0 Å². The van der Waals surface area contributed by atoms with E-state index in [4.69, 9.17) is 4.74 Å². The van der Waals surface area contributed by atoms with Gasteiger partial charge in [0.05, 0.1) is 0 Å². The molecule has 0 N–H and O–H groups in total. The molecule has 0 bridgehead atoms. The van der Waals surface area contributed by atoms with Gasteiger partial charge in [-0.25, -0.2) is 9.18 Å². The Labute approximate surface area is 125 Å². The fraction of sp³-hybridized carbons (Fsp3) is 0.562. The number of hydrogen-bond acceptors (Lipinski definition) is 3. The lowest BCUT2D eigenvalue weighted by molar-refractivity contribution is -0.0120. The molecular weight excluding hydrogens is 271 g/mol. The van der Waals surface area contributed by atoms with Crippen molar-refractivity contribution >= 4 is 6.09 Å². The molecule has 0 spiro atoms. The molecular formula is C16H23FN2O2. The number of rotatable bonds is 3. The topological polar surface area (TPSA) is 32.8 Å². The zero-order chi connectivity index (χ0) is 15.6. The smallest absolute Gasteiger partial charge is 0.410 e. The molecule has 1 heterocycles. The Morgan fingerprint density at radius 1 is 1.43 bits per heavy atom. The van der Waals surface area contributed by atoms with Crippen LogP contribution in [-0.2, 0) is 11.3 Å². The average Bonchev–Trinajstić information content (AvgIpc) is 2.23. The van der Waals surface area contributed by atoms with E-state index in [1.54, 1.807) is 17.0 Å². The summed E-state index contributed by atoms with van der Waals surface area (Å²) in [5, 5.41) is 0. The van der Waals surface area contributed by atoms with Crippen LogP contribution in [0.5, 0.6) is 0 Å². The van der Waals surface area contributed by atoms with Gasteiger partial charge in [0.2, 0.25) is 0 Å². The highest BCUT2D eigenvalue weighted by Crippen LogP contribution is 2.19. The van der Waals surface area contributed by atoms with Crippen LogP contribution < -0.4 is 0 Å². The predicted molar refractivity (Wildman–Crippen MR) is 79.5 cm³/mol. The van der Waals surface area contributed by atoms with Gasteiger partial charge in [-0.3, -0.25) is 4.90 Å². The molecule has 1 aliphatic heterocycles. The van der Waals surface area contributed by atoms with Crippen molar-refractivity contribution in [2.24, 2.45) is 0 Å². The van der Waals surface area contributed by atoms with E-state index in [0.29, 0.717) is 25.7 Å². The quantitative estimate of drug-likeness (QED) is 0.859. The number of hydrogen-bond donors (Lipinski definition) is 0. The summed E-state index contributed by atoms with van der Waals surface area (Å²) in [6, 6.07) is 6.90. The second-order valence-electron chi connectivity index (χ2n) is 6.58. The van der Waals surface area contributed by atoms with E-state index in [1.807, 2.05) is 33.9 Å². The third-order valence-electron chi connectivity index (χ3n) is 3.46. The molecule has 4 nitrogen and oxygen atoms in total. The summed E-state index contributed by atoms with van der Waals surface area (Å²) >= 11 is 0. The van der Waals surface area contributed by atoms with E-state index in [1.165, 1.54) is 6.07 Å². The molecule has 1 aliphatic rings. The second-order valence-corrected chi connectivity index (χ2v) is 6.58. The lowest BCUT2D eigenvalue weighted by Gasteiger charge is -2.44. The Morgan fingerprint density at radius 2 is 2.10 bits per heavy atom. The van der Waals surface area contributed by atoms with Crippen molar-refractivity contribution in [2.45, 2.75) is 39.0 Å². The van der Waals surface area contributed by atoms with Crippen molar-refractivity contribution in [1.82, 2.24) is 9.80 Å². The van der Waals surface area contributed by atoms with Crippen LogP contribution in [0, 0.1) is 5.82 Å². The zero-order valence-electron chi connectivity index (χ0n) is 13.1. The van der Waals surface area contributed by atoms with Crippen LogP contribution in [0.2, 0.25) is 0 Å². The van der Waals surface area contributed by atoms with Gasteiger partial charge in [0.25, 0.3) is 0 Å². The normalized spacial score (nSPS) is 16.0. The minimum Gasteiger partial charge on any atom is -0.444 e. The van der Waals surface area contributed by atoms with Crippen molar-refractivity contribution in [3.63, 3.8) is 0 Å². The Bertz CT molecular complexity index is 507. The van der Waals surface area contributed by atoms with Crippen LogP contribution >= 0.6 is 0 Å². The molecule has 2 rings (SSSR count). The highest BCUT2D eigenvalue weighted by molar-refractivity contribution is 5.69. The fourth-order valence-corrected chi connectivity index (χ4v) is 2.26. The molecule has 1 saturated heterocycles. The number of likely N-dealkylation sites (tertiary alicyclic amines) is 1. The number of benzene rings is 1. The van der Waals surface area contributed by atoms with Gasteiger partial charge in [-0.15, -0.1) is 0 Å². The van der Waals surface area contributed by atoms with Crippen molar-refractivity contribution in [3.8, 4) is 0 Å². The van der Waals surface area contributed by atoms with Crippen LogP contribution in [0.25, 0.3) is 0 Å². The lowest BCUT2D eigenvalue weighted by atomic mass is 10.1. The third kappa shape index (κ3) is 4.43. The van der Waals surface area contributed by atoms with Gasteiger partial charge in [0.15, 0.2) is 0 Å². The maximum atomic E-state index is 13.2. The predicted octanol–water partition coefficient (Wildman–Crippen LogP) is 2.88. The van der Waals surface area contributed by atoms with Crippen LogP contribution in [0.4, 0.5) is 9.18 Å². The summed E-state index contributed by atoms with van der Waals surface area (Å²) in [6.45, 7) is 7.56. The number of ether oxygens (including phenoxy) is 1. The van der Waals surface area contributed by atoms with E-state index in [-0.39, 0.29) is 11.9 Å². The molecule has 0 saturated carbocycles. The highest BCUT2D eigenvalue weighted by Gasteiger charge is 2.35. The van der Waals surface area contributed by atoms with Crippen molar-refractivity contribution < 1.29 is 13.9 Å². The summed E-state index contributed by atoms with van der Waals surface area (Å²) in [5.41, 5.74) is 0.476. The molecule has 5 heteroatoms. The molecule has 0 aromatic heterocycles. The standard InChI is InChI=1S/C16H23FN2O2/c1-16(2,3)21-15(20)19-10-14(11-19)18(4)9-12-6-5-7-13(17)8-12/h5-8,14H,9-11H2,1-4H3. The van der Waals surface area contributed by atoms with Gasteiger partial charge in [-0.1, -0.05) is 12.1 Å². The number of halogens is 1. The minimum atomic E-state index is -0.463. The SMILES string of the molecule is CN(Cc1cccc(F)c1)C1CN(C(=O)OC(C)(C)C)C1. The Kier molecular flexibility index (Phi) is 4.52. The second kappa shape index (κ2) is 6.02.